The molecule has 0 spiro atoms. The number of rotatable bonds is 3. The van der Waals surface area contributed by atoms with Gasteiger partial charge in [0.2, 0.25) is 5.91 Å². The van der Waals surface area contributed by atoms with Crippen molar-refractivity contribution in [1.29, 1.82) is 0 Å². The highest BCUT2D eigenvalue weighted by Gasteiger charge is 2.61. The fourth-order valence-electron chi connectivity index (χ4n) is 0.926. The molecule has 1 fully saturated rings. The van der Waals surface area contributed by atoms with Crippen molar-refractivity contribution in [1.82, 2.24) is 5.32 Å². The third kappa shape index (κ3) is 2.16. The largest absolute Gasteiger partial charge is 0.355 e. The topological polar surface area (TPSA) is 29.1 Å². The number of hydrogen-bond donors (Lipinski definition) is 1. The van der Waals surface area contributed by atoms with Gasteiger partial charge >= 0.3 is 0 Å². The van der Waals surface area contributed by atoms with Gasteiger partial charge in [-0.1, -0.05) is 13.8 Å². The van der Waals surface area contributed by atoms with E-state index in [-0.39, 0.29) is 6.42 Å². The summed E-state index contributed by atoms with van der Waals surface area (Å²) in [7, 11) is 0. The number of alkyl halides is 2. The summed E-state index contributed by atoms with van der Waals surface area (Å²) in [6, 6.07) is 0. The van der Waals surface area contributed by atoms with Crippen molar-refractivity contribution in [3.8, 4) is 0 Å². The molecule has 0 saturated heterocycles. The summed E-state index contributed by atoms with van der Waals surface area (Å²) in [5, 5.41) is 2.48. The van der Waals surface area contributed by atoms with Crippen molar-refractivity contribution in [2.24, 2.45) is 11.8 Å². The molecule has 70 valence electrons. The average Bonchev–Trinajstić information content (AvgIpc) is 2.55. The number of carbonyl (C=O) groups excluding carboxylic acids is 1. The van der Waals surface area contributed by atoms with Crippen LogP contribution < -0.4 is 5.32 Å². The van der Waals surface area contributed by atoms with Crippen LogP contribution in [0.3, 0.4) is 0 Å². The lowest BCUT2D eigenvalue weighted by molar-refractivity contribution is -0.124. The first-order valence-corrected chi connectivity index (χ1v) is 4.09. The fraction of sp³-hybridized carbons (Fsp3) is 0.875. The minimum atomic E-state index is -2.74. The summed E-state index contributed by atoms with van der Waals surface area (Å²) in [5.41, 5.74) is 0. The first-order valence-electron chi connectivity index (χ1n) is 4.09. The highest BCUT2D eigenvalue weighted by Crippen LogP contribution is 2.48. The number of carbonyl (C=O) groups is 1. The summed E-state index contributed by atoms with van der Waals surface area (Å²) in [4.78, 5) is 10.9. The van der Waals surface area contributed by atoms with E-state index in [1.165, 1.54) is 0 Å². The monoisotopic (exact) mass is 177 g/mol. The zero-order valence-corrected chi connectivity index (χ0v) is 7.23. The predicted molar refractivity (Wildman–Crippen MR) is 40.9 cm³/mol. The minimum Gasteiger partial charge on any atom is -0.355 e. The van der Waals surface area contributed by atoms with Gasteiger partial charge in [-0.3, -0.25) is 4.79 Å². The third-order valence-electron chi connectivity index (χ3n) is 1.83. The van der Waals surface area contributed by atoms with Gasteiger partial charge in [-0.05, 0) is 5.92 Å². The fourth-order valence-corrected chi connectivity index (χ4v) is 0.926. The molecule has 0 aromatic rings. The smallest absolute Gasteiger partial charge is 0.260 e. The Kier molecular flexibility index (Phi) is 2.35. The molecule has 12 heavy (non-hydrogen) atoms. The Balaban J connectivity index is 2.23. The molecule has 0 aliphatic heterocycles. The molecule has 1 atom stereocenters. The van der Waals surface area contributed by atoms with Crippen molar-refractivity contribution in [2.75, 3.05) is 6.54 Å². The summed E-state index contributed by atoms with van der Waals surface area (Å²) < 4.78 is 24.6. The molecule has 0 aromatic heterocycles. The van der Waals surface area contributed by atoms with Gasteiger partial charge in [-0.25, -0.2) is 8.78 Å². The van der Waals surface area contributed by atoms with E-state index in [1.807, 2.05) is 13.8 Å². The zero-order valence-electron chi connectivity index (χ0n) is 7.23. The van der Waals surface area contributed by atoms with Crippen LogP contribution in [-0.2, 0) is 4.79 Å². The van der Waals surface area contributed by atoms with Crippen molar-refractivity contribution in [3.05, 3.63) is 0 Å². The molecule has 1 rings (SSSR count). The highest BCUT2D eigenvalue weighted by molar-refractivity contribution is 5.82. The van der Waals surface area contributed by atoms with Gasteiger partial charge in [0, 0.05) is 13.0 Å². The molecular weight excluding hydrogens is 164 g/mol. The molecule has 1 aliphatic carbocycles. The summed E-state index contributed by atoms with van der Waals surface area (Å²) in [6.07, 6.45) is -0.281. The Hall–Kier alpha value is -0.670. The maximum absolute atomic E-state index is 12.3. The van der Waals surface area contributed by atoms with Crippen molar-refractivity contribution in [3.63, 3.8) is 0 Å². The van der Waals surface area contributed by atoms with E-state index >= 15 is 0 Å². The highest BCUT2D eigenvalue weighted by atomic mass is 19.3. The van der Waals surface area contributed by atoms with E-state index in [4.69, 9.17) is 0 Å². The zero-order chi connectivity index (χ0) is 9.35. The molecule has 0 heterocycles. The standard InChI is InChI=1S/C8H13F2NO/c1-5(2)4-11-7(12)6-3-8(6,9)10/h5-6H,3-4H2,1-2H3,(H,11,12). The van der Waals surface area contributed by atoms with Crippen LogP contribution in [-0.4, -0.2) is 18.4 Å². The Morgan fingerprint density at radius 1 is 1.67 bits per heavy atom. The van der Waals surface area contributed by atoms with E-state index in [9.17, 15) is 13.6 Å². The third-order valence-corrected chi connectivity index (χ3v) is 1.83. The SMILES string of the molecule is CC(C)CNC(=O)C1CC1(F)F. The van der Waals surface area contributed by atoms with Gasteiger partial charge in [0.1, 0.15) is 5.92 Å². The second-order valence-corrected chi connectivity index (χ2v) is 3.66. The molecular formula is C8H13F2NO. The van der Waals surface area contributed by atoms with Crippen LogP contribution in [0.5, 0.6) is 0 Å². The number of nitrogens with one attached hydrogen (secondary N) is 1. The van der Waals surface area contributed by atoms with Crippen molar-refractivity contribution >= 4 is 5.91 Å². The maximum atomic E-state index is 12.3. The van der Waals surface area contributed by atoms with Crippen molar-refractivity contribution in [2.45, 2.75) is 26.2 Å². The van der Waals surface area contributed by atoms with E-state index in [0.29, 0.717) is 12.5 Å². The van der Waals surface area contributed by atoms with Crippen LogP contribution in [0.25, 0.3) is 0 Å². The molecule has 1 aliphatic rings. The quantitative estimate of drug-likeness (QED) is 0.693. The van der Waals surface area contributed by atoms with Crippen molar-refractivity contribution < 1.29 is 13.6 Å². The molecule has 0 bridgehead atoms. The maximum Gasteiger partial charge on any atom is 0.260 e. The average molecular weight is 177 g/mol. The molecule has 1 saturated carbocycles. The van der Waals surface area contributed by atoms with Crippen LogP contribution in [0.1, 0.15) is 20.3 Å². The summed E-state index contributed by atoms with van der Waals surface area (Å²) in [6.45, 7) is 4.32. The predicted octanol–water partition coefficient (Wildman–Crippen LogP) is 1.41. The molecule has 0 radical (unpaired) electrons. The number of hydrogen-bond acceptors (Lipinski definition) is 1. The van der Waals surface area contributed by atoms with Gasteiger partial charge in [0.25, 0.3) is 5.92 Å². The first kappa shape index (κ1) is 9.42. The van der Waals surface area contributed by atoms with Gasteiger partial charge in [-0.15, -0.1) is 0 Å². The summed E-state index contributed by atoms with van der Waals surface area (Å²) >= 11 is 0. The van der Waals surface area contributed by atoms with Gasteiger partial charge in [-0.2, -0.15) is 0 Å². The molecule has 0 aromatic carbocycles. The molecule has 2 nitrogen and oxygen atoms in total. The number of amides is 1. The number of halogens is 2. The van der Waals surface area contributed by atoms with Crippen LogP contribution in [0, 0.1) is 11.8 Å². The van der Waals surface area contributed by atoms with E-state index in [0.717, 1.165) is 0 Å². The van der Waals surface area contributed by atoms with Gasteiger partial charge in [0.15, 0.2) is 0 Å². The second-order valence-electron chi connectivity index (χ2n) is 3.66. The van der Waals surface area contributed by atoms with Crippen LogP contribution in [0.4, 0.5) is 8.78 Å². The molecule has 4 heteroatoms. The Morgan fingerprint density at radius 2 is 2.17 bits per heavy atom. The lowest BCUT2D eigenvalue weighted by Gasteiger charge is -2.06. The Morgan fingerprint density at radius 3 is 2.50 bits per heavy atom. The summed E-state index contributed by atoms with van der Waals surface area (Å²) in [5.74, 6) is -3.99. The lowest BCUT2D eigenvalue weighted by atomic mass is 10.2. The van der Waals surface area contributed by atoms with E-state index in [1.54, 1.807) is 0 Å². The van der Waals surface area contributed by atoms with Crippen LogP contribution >= 0.6 is 0 Å². The lowest BCUT2D eigenvalue weighted by Crippen LogP contribution is -2.30. The van der Waals surface area contributed by atoms with E-state index < -0.39 is 17.7 Å². The second kappa shape index (κ2) is 2.99. The van der Waals surface area contributed by atoms with Gasteiger partial charge in [0.05, 0.1) is 0 Å². The minimum absolute atomic E-state index is 0.281. The Labute approximate surface area is 70.3 Å². The molecule has 1 unspecified atom stereocenters. The van der Waals surface area contributed by atoms with Crippen LogP contribution in [0.15, 0.2) is 0 Å². The van der Waals surface area contributed by atoms with Crippen LogP contribution in [0.2, 0.25) is 0 Å². The Bertz CT molecular complexity index is 191. The molecule has 1 amide bonds. The molecule has 1 N–H and O–H groups in total. The normalized spacial score (nSPS) is 25.6. The van der Waals surface area contributed by atoms with E-state index in [2.05, 4.69) is 5.32 Å². The van der Waals surface area contributed by atoms with Gasteiger partial charge < -0.3 is 5.32 Å². The first-order chi connectivity index (χ1) is 5.43.